The van der Waals surface area contributed by atoms with Crippen LogP contribution in [-0.4, -0.2) is 30.4 Å². The fourth-order valence-electron chi connectivity index (χ4n) is 3.22. The number of para-hydroxylation sites is 1. The Balaban J connectivity index is 1.68. The average molecular weight is 308 g/mol. The molecule has 0 saturated carbocycles. The topological polar surface area (TPSA) is 23.6 Å². The van der Waals surface area contributed by atoms with E-state index in [2.05, 4.69) is 41.3 Å². The molecule has 23 heavy (non-hydrogen) atoms. The summed E-state index contributed by atoms with van der Waals surface area (Å²) in [6.07, 6.45) is 2.23. The second-order valence-corrected chi connectivity index (χ2v) is 6.05. The Bertz CT molecular complexity index is 654. The highest BCUT2D eigenvalue weighted by molar-refractivity contribution is 5.82. The van der Waals surface area contributed by atoms with Crippen LogP contribution in [0.3, 0.4) is 0 Å². The summed E-state index contributed by atoms with van der Waals surface area (Å²) >= 11 is 0. The van der Waals surface area contributed by atoms with Crippen molar-refractivity contribution in [2.45, 2.75) is 26.3 Å². The van der Waals surface area contributed by atoms with E-state index in [1.807, 2.05) is 30.0 Å². The molecule has 3 heteroatoms. The lowest BCUT2D eigenvalue weighted by molar-refractivity contribution is -0.130. The summed E-state index contributed by atoms with van der Waals surface area (Å²) in [5.41, 5.74) is 3.77. The number of benzene rings is 2. The van der Waals surface area contributed by atoms with Crippen molar-refractivity contribution in [1.82, 2.24) is 4.90 Å². The van der Waals surface area contributed by atoms with E-state index in [0.29, 0.717) is 13.1 Å². The maximum absolute atomic E-state index is 12.7. The first-order valence-electron chi connectivity index (χ1n) is 8.42. The standard InChI is InChI=1S/C20H24N2O/c1-2-21(15-17-9-4-3-5-10-17)20(23)16-22-14-8-12-18-11-6-7-13-19(18)22/h3-7,9-11,13H,2,8,12,14-16H2,1H3. The van der Waals surface area contributed by atoms with E-state index in [1.54, 1.807) is 0 Å². The highest BCUT2D eigenvalue weighted by atomic mass is 16.2. The number of aryl methyl sites for hydroxylation is 1. The van der Waals surface area contributed by atoms with Gasteiger partial charge in [-0.2, -0.15) is 0 Å². The van der Waals surface area contributed by atoms with E-state index in [4.69, 9.17) is 0 Å². The van der Waals surface area contributed by atoms with Crippen LogP contribution in [0.5, 0.6) is 0 Å². The Morgan fingerprint density at radius 3 is 2.61 bits per heavy atom. The number of carbonyl (C=O) groups excluding carboxylic acids is 1. The molecule has 0 unspecified atom stereocenters. The van der Waals surface area contributed by atoms with Crippen molar-refractivity contribution < 1.29 is 4.79 Å². The molecule has 0 radical (unpaired) electrons. The quantitative estimate of drug-likeness (QED) is 0.844. The maximum Gasteiger partial charge on any atom is 0.242 e. The SMILES string of the molecule is CCN(Cc1ccccc1)C(=O)CN1CCCc2ccccc21. The molecular weight excluding hydrogens is 284 g/mol. The lowest BCUT2D eigenvalue weighted by Gasteiger charge is -2.32. The number of hydrogen-bond acceptors (Lipinski definition) is 2. The monoisotopic (exact) mass is 308 g/mol. The third-order valence-electron chi connectivity index (χ3n) is 4.48. The molecule has 2 aromatic rings. The van der Waals surface area contributed by atoms with Gasteiger partial charge in [-0.05, 0) is 37.0 Å². The molecule has 0 N–H and O–H groups in total. The summed E-state index contributed by atoms with van der Waals surface area (Å²) in [5, 5.41) is 0. The zero-order chi connectivity index (χ0) is 16.1. The van der Waals surface area contributed by atoms with Gasteiger partial charge in [0.2, 0.25) is 5.91 Å². The number of fused-ring (bicyclic) bond motifs is 1. The van der Waals surface area contributed by atoms with Gasteiger partial charge in [-0.1, -0.05) is 48.5 Å². The third-order valence-corrected chi connectivity index (χ3v) is 4.48. The molecule has 1 heterocycles. The summed E-state index contributed by atoms with van der Waals surface area (Å²) in [7, 11) is 0. The van der Waals surface area contributed by atoms with Crippen LogP contribution in [0.4, 0.5) is 5.69 Å². The van der Waals surface area contributed by atoms with E-state index in [-0.39, 0.29) is 5.91 Å². The molecule has 1 amide bonds. The first kappa shape index (κ1) is 15.6. The van der Waals surface area contributed by atoms with Gasteiger partial charge in [0.25, 0.3) is 0 Å². The van der Waals surface area contributed by atoms with Crippen LogP contribution in [0, 0.1) is 0 Å². The van der Waals surface area contributed by atoms with Gasteiger partial charge in [0.15, 0.2) is 0 Å². The third kappa shape index (κ3) is 3.73. The molecule has 0 aromatic heterocycles. The molecule has 3 nitrogen and oxygen atoms in total. The smallest absolute Gasteiger partial charge is 0.242 e. The van der Waals surface area contributed by atoms with Crippen LogP contribution in [-0.2, 0) is 17.8 Å². The van der Waals surface area contributed by atoms with Crippen molar-refractivity contribution in [1.29, 1.82) is 0 Å². The Labute approximate surface area is 138 Å². The molecule has 0 spiro atoms. The second kappa shape index (κ2) is 7.32. The average Bonchev–Trinajstić information content (AvgIpc) is 2.61. The van der Waals surface area contributed by atoms with Gasteiger partial charge in [-0.15, -0.1) is 0 Å². The summed E-state index contributed by atoms with van der Waals surface area (Å²) in [5.74, 6) is 0.202. The van der Waals surface area contributed by atoms with Crippen molar-refractivity contribution in [3.8, 4) is 0 Å². The number of anilines is 1. The molecule has 0 fully saturated rings. The number of amides is 1. The second-order valence-electron chi connectivity index (χ2n) is 6.05. The van der Waals surface area contributed by atoms with Crippen molar-refractivity contribution in [3.05, 3.63) is 65.7 Å². The van der Waals surface area contributed by atoms with Crippen LogP contribution in [0.2, 0.25) is 0 Å². The van der Waals surface area contributed by atoms with Crippen LogP contribution in [0.25, 0.3) is 0 Å². The normalized spacial score (nSPS) is 13.5. The molecular formula is C20H24N2O. The number of carbonyl (C=O) groups is 1. The van der Waals surface area contributed by atoms with E-state index in [0.717, 1.165) is 25.9 Å². The fraction of sp³-hybridized carbons (Fsp3) is 0.350. The van der Waals surface area contributed by atoms with E-state index >= 15 is 0 Å². The van der Waals surface area contributed by atoms with Crippen molar-refractivity contribution >= 4 is 11.6 Å². The van der Waals surface area contributed by atoms with Crippen LogP contribution >= 0.6 is 0 Å². The molecule has 1 aliphatic heterocycles. The largest absolute Gasteiger partial charge is 0.362 e. The first-order valence-corrected chi connectivity index (χ1v) is 8.42. The van der Waals surface area contributed by atoms with Gasteiger partial charge >= 0.3 is 0 Å². The highest BCUT2D eigenvalue weighted by Crippen LogP contribution is 2.26. The van der Waals surface area contributed by atoms with Gasteiger partial charge in [-0.25, -0.2) is 0 Å². The number of likely N-dealkylation sites (N-methyl/N-ethyl adjacent to an activating group) is 1. The van der Waals surface area contributed by atoms with Crippen molar-refractivity contribution in [3.63, 3.8) is 0 Å². The summed E-state index contributed by atoms with van der Waals surface area (Å²) in [4.78, 5) is 16.9. The molecule has 120 valence electrons. The molecule has 3 rings (SSSR count). The molecule has 0 bridgehead atoms. The fourth-order valence-corrected chi connectivity index (χ4v) is 3.22. The van der Waals surface area contributed by atoms with Gasteiger partial charge in [0.05, 0.1) is 6.54 Å². The van der Waals surface area contributed by atoms with Crippen LogP contribution in [0.15, 0.2) is 54.6 Å². The minimum absolute atomic E-state index is 0.202. The van der Waals surface area contributed by atoms with Gasteiger partial charge in [0.1, 0.15) is 0 Å². The minimum Gasteiger partial charge on any atom is -0.362 e. The highest BCUT2D eigenvalue weighted by Gasteiger charge is 2.21. The number of rotatable bonds is 5. The predicted octanol–water partition coefficient (Wildman–Crippen LogP) is 3.49. The minimum atomic E-state index is 0.202. The first-order chi connectivity index (χ1) is 11.3. The number of hydrogen-bond donors (Lipinski definition) is 0. The Morgan fingerprint density at radius 2 is 1.83 bits per heavy atom. The molecule has 0 aliphatic carbocycles. The zero-order valence-electron chi connectivity index (χ0n) is 13.7. The molecule has 2 aromatic carbocycles. The van der Waals surface area contributed by atoms with Gasteiger partial charge < -0.3 is 9.80 Å². The van der Waals surface area contributed by atoms with Crippen molar-refractivity contribution in [2.75, 3.05) is 24.5 Å². The maximum atomic E-state index is 12.7. The summed E-state index contributed by atoms with van der Waals surface area (Å²) in [6.45, 7) is 4.91. The van der Waals surface area contributed by atoms with E-state index in [1.165, 1.54) is 16.8 Å². The van der Waals surface area contributed by atoms with E-state index < -0.39 is 0 Å². The zero-order valence-corrected chi connectivity index (χ0v) is 13.7. The Hall–Kier alpha value is -2.29. The van der Waals surface area contributed by atoms with E-state index in [9.17, 15) is 4.79 Å². The van der Waals surface area contributed by atoms with Gasteiger partial charge in [-0.3, -0.25) is 4.79 Å². The summed E-state index contributed by atoms with van der Waals surface area (Å²) in [6, 6.07) is 18.7. The van der Waals surface area contributed by atoms with Crippen LogP contribution < -0.4 is 4.90 Å². The summed E-state index contributed by atoms with van der Waals surface area (Å²) < 4.78 is 0. The lowest BCUT2D eigenvalue weighted by atomic mass is 10.0. The molecule has 0 saturated heterocycles. The number of nitrogens with zero attached hydrogens (tertiary/aromatic N) is 2. The molecule has 0 atom stereocenters. The molecule has 1 aliphatic rings. The van der Waals surface area contributed by atoms with Crippen molar-refractivity contribution in [2.24, 2.45) is 0 Å². The lowest BCUT2D eigenvalue weighted by Crippen LogP contribution is -2.41. The predicted molar refractivity (Wildman–Crippen MR) is 94.5 cm³/mol. The Kier molecular flexibility index (Phi) is 4.96. The Morgan fingerprint density at radius 1 is 1.09 bits per heavy atom. The van der Waals surface area contributed by atoms with Gasteiger partial charge in [0, 0.05) is 25.3 Å². The van der Waals surface area contributed by atoms with Crippen LogP contribution in [0.1, 0.15) is 24.5 Å².